The molecule has 2 nitrogen and oxygen atoms in total. The van der Waals surface area contributed by atoms with Gasteiger partial charge in [0.2, 0.25) is 0 Å². The molecule has 1 aromatic heterocycles. The Labute approximate surface area is 131 Å². The first-order valence-corrected chi connectivity index (χ1v) is 7.40. The Balaban J connectivity index is 2.15. The van der Waals surface area contributed by atoms with Crippen LogP contribution in [0.2, 0.25) is 0 Å². The maximum Gasteiger partial charge on any atom is 0.195 e. The third kappa shape index (κ3) is 2.43. The van der Waals surface area contributed by atoms with Crippen molar-refractivity contribution < 1.29 is 9.18 Å². The van der Waals surface area contributed by atoms with Crippen LogP contribution < -0.4 is 0 Å². The number of aromatic amines is 1. The summed E-state index contributed by atoms with van der Waals surface area (Å²) in [6.45, 7) is 0. The molecule has 100 valence electrons. The van der Waals surface area contributed by atoms with Crippen LogP contribution in [0.4, 0.5) is 4.39 Å². The van der Waals surface area contributed by atoms with Gasteiger partial charge in [-0.1, -0.05) is 31.9 Å². The molecule has 0 spiro atoms. The van der Waals surface area contributed by atoms with Crippen molar-refractivity contribution in [3.63, 3.8) is 0 Å². The van der Waals surface area contributed by atoms with Gasteiger partial charge in [-0.25, -0.2) is 4.39 Å². The zero-order valence-corrected chi connectivity index (χ0v) is 13.3. The Bertz CT molecular complexity index is 806. The maximum absolute atomic E-state index is 13.3. The van der Waals surface area contributed by atoms with Gasteiger partial charge in [0.15, 0.2) is 5.78 Å². The molecule has 20 heavy (non-hydrogen) atoms. The second kappa shape index (κ2) is 5.14. The summed E-state index contributed by atoms with van der Waals surface area (Å²) in [5, 5.41) is 0.589. The number of aromatic nitrogens is 1. The van der Waals surface area contributed by atoms with Crippen LogP contribution >= 0.6 is 31.9 Å². The molecule has 2 aromatic carbocycles. The van der Waals surface area contributed by atoms with Crippen molar-refractivity contribution in [2.75, 3.05) is 0 Å². The van der Waals surface area contributed by atoms with Crippen LogP contribution in [0, 0.1) is 5.82 Å². The van der Waals surface area contributed by atoms with Gasteiger partial charge in [0.25, 0.3) is 0 Å². The minimum Gasteiger partial charge on any atom is -0.360 e. The summed E-state index contributed by atoms with van der Waals surface area (Å²) in [5.74, 6) is -0.509. The summed E-state index contributed by atoms with van der Waals surface area (Å²) in [6.07, 6.45) is 1.61. The van der Waals surface area contributed by atoms with E-state index in [9.17, 15) is 9.18 Å². The summed E-state index contributed by atoms with van der Waals surface area (Å²) in [4.78, 5) is 15.5. The molecular formula is C15H8Br2FNO. The van der Waals surface area contributed by atoms with Crippen LogP contribution in [0.1, 0.15) is 15.9 Å². The van der Waals surface area contributed by atoms with Crippen molar-refractivity contribution in [1.82, 2.24) is 4.98 Å². The molecule has 1 N–H and O–H groups in total. The highest BCUT2D eigenvalue weighted by atomic mass is 79.9. The molecule has 0 saturated heterocycles. The summed E-state index contributed by atoms with van der Waals surface area (Å²) < 4.78 is 15.0. The molecule has 0 bridgehead atoms. The van der Waals surface area contributed by atoms with Gasteiger partial charge < -0.3 is 4.98 Å². The fraction of sp³-hybridized carbons (Fsp3) is 0. The van der Waals surface area contributed by atoms with E-state index in [1.807, 2.05) is 6.07 Å². The van der Waals surface area contributed by atoms with Gasteiger partial charge in [0.1, 0.15) is 5.82 Å². The standard InChI is InChI=1S/C15H8Br2FNO/c16-9-3-8(4-10(17)5-9)15(20)13-7-19-14-2-1-11(18)6-12(13)14/h1-7,19H. The Morgan fingerprint density at radius 3 is 2.45 bits per heavy atom. The highest BCUT2D eigenvalue weighted by Crippen LogP contribution is 2.25. The van der Waals surface area contributed by atoms with E-state index in [0.29, 0.717) is 16.5 Å². The van der Waals surface area contributed by atoms with Gasteiger partial charge >= 0.3 is 0 Å². The maximum atomic E-state index is 13.3. The highest BCUT2D eigenvalue weighted by molar-refractivity contribution is 9.11. The number of benzene rings is 2. The molecule has 0 unspecified atom stereocenters. The van der Waals surface area contributed by atoms with Gasteiger partial charge in [-0.2, -0.15) is 0 Å². The van der Waals surface area contributed by atoms with Crippen molar-refractivity contribution >= 4 is 48.5 Å². The number of nitrogens with one attached hydrogen (secondary N) is 1. The van der Waals surface area contributed by atoms with E-state index in [1.165, 1.54) is 12.1 Å². The molecule has 0 atom stereocenters. The van der Waals surface area contributed by atoms with Crippen LogP contribution in [0.5, 0.6) is 0 Å². The van der Waals surface area contributed by atoms with Gasteiger partial charge in [0, 0.05) is 37.2 Å². The number of ketones is 1. The number of H-pyrrole nitrogens is 1. The summed E-state index contributed by atoms with van der Waals surface area (Å²) in [5.41, 5.74) is 1.74. The first-order valence-electron chi connectivity index (χ1n) is 5.82. The zero-order chi connectivity index (χ0) is 14.3. The molecule has 5 heteroatoms. The van der Waals surface area contributed by atoms with E-state index in [-0.39, 0.29) is 11.6 Å². The Morgan fingerprint density at radius 2 is 1.75 bits per heavy atom. The number of hydrogen-bond donors (Lipinski definition) is 1. The predicted octanol–water partition coefficient (Wildman–Crippen LogP) is 5.06. The van der Waals surface area contributed by atoms with Crippen LogP contribution in [-0.2, 0) is 0 Å². The average molecular weight is 397 g/mol. The molecule has 0 saturated carbocycles. The third-order valence-electron chi connectivity index (χ3n) is 3.01. The van der Waals surface area contributed by atoms with Crippen molar-refractivity contribution in [3.05, 3.63) is 68.5 Å². The fourth-order valence-electron chi connectivity index (χ4n) is 2.12. The average Bonchev–Trinajstić information content (AvgIpc) is 2.79. The van der Waals surface area contributed by atoms with Gasteiger partial charge in [0.05, 0.1) is 0 Å². The number of carbonyl (C=O) groups is 1. The second-order valence-corrected chi connectivity index (χ2v) is 6.21. The normalized spacial score (nSPS) is 10.9. The molecule has 0 fully saturated rings. The lowest BCUT2D eigenvalue weighted by Gasteiger charge is -2.02. The summed E-state index contributed by atoms with van der Waals surface area (Å²) in [6, 6.07) is 9.69. The van der Waals surface area contributed by atoms with E-state index in [1.54, 1.807) is 24.4 Å². The van der Waals surface area contributed by atoms with Crippen molar-refractivity contribution in [2.24, 2.45) is 0 Å². The quantitative estimate of drug-likeness (QED) is 0.603. The van der Waals surface area contributed by atoms with E-state index >= 15 is 0 Å². The van der Waals surface area contributed by atoms with E-state index in [0.717, 1.165) is 14.5 Å². The Morgan fingerprint density at radius 1 is 1.05 bits per heavy atom. The minimum atomic E-state index is -0.360. The molecule has 3 aromatic rings. The summed E-state index contributed by atoms with van der Waals surface area (Å²) in [7, 11) is 0. The molecule has 0 aliphatic carbocycles. The van der Waals surface area contributed by atoms with Crippen molar-refractivity contribution in [2.45, 2.75) is 0 Å². The lowest BCUT2D eigenvalue weighted by atomic mass is 10.0. The lowest BCUT2D eigenvalue weighted by molar-refractivity contribution is 0.104. The van der Waals surface area contributed by atoms with Crippen LogP contribution in [0.25, 0.3) is 10.9 Å². The number of fused-ring (bicyclic) bond motifs is 1. The zero-order valence-electron chi connectivity index (χ0n) is 10.1. The lowest BCUT2D eigenvalue weighted by Crippen LogP contribution is -2.00. The molecule has 3 rings (SSSR count). The first-order chi connectivity index (χ1) is 9.54. The number of rotatable bonds is 2. The van der Waals surface area contributed by atoms with Crippen LogP contribution in [-0.4, -0.2) is 10.8 Å². The SMILES string of the molecule is O=C(c1cc(Br)cc(Br)c1)c1c[nH]c2ccc(F)cc12. The fourth-order valence-corrected chi connectivity index (χ4v) is 3.41. The topological polar surface area (TPSA) is 32.9 Å². The van der Waals surface area contributed by atoms with Gasteiger partial charge in [-0.05, 0) is 36.4 Å². The molecule has 0 aliphatic heterocycles. The largest absolute Gasteiger partial charge is 0.360 e. The predicted molar refractivity (Wildman–Crippen MR) is 83.5 cm³/mol. The van der Waals surface area contributed by atoms with Gasteiger partial charge in [-0.15, -0.1) is 0 Å². The Hall–Kier alpha value is -1.46. The van der Waals surface area contributed by atoms with Crippen LogP contribution in [0.15, 0.2) is 51.5 Å². The van der Waals surface area contributed by atoms with Crippen LogP contribution in [0.3, 0.4) is 0 Å². The van der Waals surface area contributed by atoms with Gasteiger partial charge in [-0.3, -0.25) is 4.79 Å². The first kappa shape index (κ1) is 13.5. The molecule has 0 amide bonds. The number of halogens is 3. The molecular weight excluding hydrogens is 389 g/mol. The molecule has 1 heterocycles. The molecule has 0 aliphatic rings. The summed E-state index contributed by atoms with van der Waals surface area (Å²) >= 11 is 6.71. The Kier molecular flexibility index (Phi) is 3.48. The monoisotopic (exact) mass is 395 g/mol. The third-order valence-corrected chi connectivity index (χ3v) is 3.93. The van der Waals surface area contributed by atoms with E-state index in [2.05, 4.69) is 36.8 Å². The van der Waals surface area contributed by atoms with E-state index < -0.39 is 0 Å². The highest BCUT2D eigenvalue weighted by Gasteiger charge is 2.15. The molecule has 0 radical (unpaired) electrons. The van der Waals surface area contributed by atoms with Crippen molar-refractivity contribution in [3.8, 4) is 0 Å². The second-order valence-electron chi connectivity index (χ2n) is 4.38. The van der Waals surface area contributed by atoms with Crippen molar-refractivity contribution in [1.29, 1.82) is 0 Å². The number of hydrogen-bond acceptors (Lipinski definition) is 1. The minimum absolute atomic E-state index is 0.149. The number of carbonyl (C=O) groups excluding carboxylic acids is 1. The smallest absolute Gasteiger partial charge is 0.195 e. The van der Waals surface area contributed by atoms with E-state index in [4.69, 9.17) is 0 Å².